The third-order valence-corrected chi connectivity index (χ3v) is 2.64. The van der Waals surface area contributed by atoms with Gasteiger partial charge in [-0.1, -0.05) is 50.1 Å². The molecule has 0 aromatic heterocycles. The zero-order chi connectivity index (χ0) is 14.8. The molecule has 1 aromatic rings. The summed E-state index contributed by atoms with van der Waals surface area (Å²) < 4.78 is 4.45. The number of hydrogen-bond acceptors (Lipinski definition) is 4. The van der Waals surface area contributed by atoms with Crippen molar-refractivity contribution in [1.82, 2.24) is 0 Å². The summed E-state index contributed by atoms with van der Waals surface area (Å²) in [5.74, 6) is -2.56. The van der Waals surface area contributed by atoms with Crippen LogP contribution in [0.1, 0.15) is 38.2 Å². The molecule has 4 heteroatoms. The fraction of sp³-hybridized carbons (Fsp3) is 0.312. The number of ether oxygens (including phenoxy) is 1. The lowest BCUT2D eigenvalue weighted by atomic mass is 10.1. The Balaban J connectivity index is 2.40. The minimum absolute atomic E-state index is 0.127. The van der Waals surface area contributed by atoms with Crippen molar-refractivity contribution < 1.29 is 19.1 Å². The number of carbonyl (C=O) groups excluding carboxylic acids is 3. The van der Waals surface area contributed by atoms with Gasteiger partial charge in [0.2, 0.25) is 5.78 Å². The lowest BCUT2D eigenvalue weighted by molar-refractivity contribution is -0.161. The quantitative estimate of drug-likeness (QED) is 0.252. The van der Waals surface area contributed by atoms with Crippen LogP contribution in [0.25, 0.3) is 6.08 Å². The van der Waals surface area contributed by atoms with Crippen molar-refractivity contribution in [3.63, 3.8) is 0 Å². The SMILES string of the molecule is CCCCCC(=O)C(=O)OC(=O)/C=C/c1ccccc1. The second kappa shape index (κ2) is 8.80. The summed E-state index contributed by atoms with van der Waals surface area (Å²) in [6.07, 6.45) is 5.26. The molecule has 106 valence electrons. The van der Waals surface area contributed by atoms with Gasteiger partial charge in [-0.25, -0.2) is 9.59 Å². The molecule has 0 atom stereocenters. The highest BCUT2D eigenvalue weighted by molar-refractivity contribution is 6.35. The van der Waals surface area contributed by atoms with Gasteiger partial charge in [0.1, 0.15) is 0 Å². The minimum Gasteiger partial charge on any atom is -0.384 e. The first kappa shape index (κ1) is 15.8. The molecular weight excluding hydrogens is 256 g/mol. The number of unbranched alkanes of at least 4 members (excludes halogenated alkanes) is 2. The topological polar surface area (TPSA) is 60.4 Å². The molecule has 0 spiro atoms. The van der Waals surface area contributed by atoms with Gasteiger partial charge in [-0.3, -0.25) is 4.79 Å². The molecule has 20 heavy (non-hydrogen) atoms. The molecule has 0 bridgehead atoms. The number of esters is 2. The maximum absolute atomic E-state index is 11.4. The zero-order valence-corrected chi connectivity index (χ0v) is 11.5. The zero-order valence-electron chi connectivity index (χ0n) is 11.5. The van der Waals surface area contributed by atoms with Crippen molar-refractivity contribution in [2.75, 3.05) is 0 Å². The Hall–Kier alpha value is -2.23. The summed E-state index contributed by atoms with van der Waals surface area (Å²) in [4.78, 5) is 34.1. The molecule has 4 nitrogen and oxygen atoms in total. The highest BCUT2D eigenvalue weighted by Gasteiger charge is 2.17. The van der Waals surface area contributed by atoms with Crippen molar-refractivity contribution in [3.05, 3.63) is 42.0 Å². The molecule has 0 heterocycles. The molecule has 0 aliphatic heterocycles. The average Bonchev–Trinajstić information content (AvgIpc) is 2.46. The lowest BCUT2D eigenvalue weighted by Crippen LogP contribution is -2.20. The molecule has 0 aliphatic carbocycles. The molecule has 0 saturated heterocycles. The van der Waals surface area contributed by atoms with E-state index < -0.39 is 17.7 Å². The smallest absolute Gasteiger partial charge is 0.382 e. The number of Topliss-reactive ketones (excluding diaryl/α,β-unsaturated/α-hetero) is 1. The first-order valence-electron chi connectivity index (χ1n) is 6.65. The van der Waals surface area contributed by atoms with Crippen molar-refractivity contribution in [2.24, 2.45) is 0 Å². The van der Waals surface area contributed by atoms with Gasteiger partial charge in [-0.05, 0) is 18.1 Å². The Labute approximate surface area is 118 Å². The van der Waals surface area contributed by atoms with E-state index >= 15 is 0 Å². The van der Waals surface area contributed by atoms with Crippen LogP contribution in [0.15, 0.2) is 36.4 Å². The van der Waals surface area contributed by atoms with Gasteiger partial charge in [0, 0.05) is 12.5 Å². The lowest BCUT2D eigenvalue weighted by Gasteiger charge is -1.99. The minimum atomic E-state index is -1.08. The van der Waals surface area contributed by atoms with E-state index in [9.17, 15) is 14.4 Å². The Morgan fingerprint density at radius 1 is 1.10 bits per heavy atom. The van der Waals surface area contributed by atoms with Gasteiger partial charge in [0.25, 0.3) is 0 Å². The third kappa shape index (κ3) is 6.09. The second-order valence-electron chi connectivity index (χ2n) is 4.33. The van der Waals surface area contributed by atoms with Gasteiger partial charge in [0.15, 0.2) is 0 Å². The Morgan fingerprint density at radius 2 is 1.80 bits per heavy atom. The number of hydrogen-bond donors (Lipinski definition) is 0. The van der Waals surface area contributed by atoms with Crippen LogP contribution in [0.5, 0.6) is 0 Å². The molecule has 0 N–H and O–H groups in total. The van der Waals surface area contributed by atoms with E-state index in [4.69, 9.17) is 0 Å². The Morgan fingerprint density at radius 3 is 2.45 bits per heavy atom. The van der Waals surface area contributed by atoms with Crippen LogP contribution in [-0.2, 0) is 19.1 Å². The van der Waals surface area contributed by atoms with Crippen LogP contribution >= 0.6 is 0 Å². The average molecular weight is 274 g/mol. The van der Waals surface area contributed by atoms with Crippen molar-refractivity contribution in [3.8, 4) is 0 Å². The molecule has 0 unspecified atom stereocenters. The maximum Gasteiger partial charge on any atom is 0.382 e. The summed E-state index contributed by atoms with van der Waals surface area (Å²) in [6, 6.07) is 9.12. The van der Waals surface area contributed by atoms with E-state index in [1.807, 2.05) is 37.3 Å². The largest absolute Gasteiger partial charge is 0.384 e. The van der Waals surface area contributed by atoms with Crippen LogP contribution in [0.4, 0.5) is 0 Å². The molecular formula is C16H18O4. The molecule has 0 amide bonds. The normalized spacial score (nSPS) is 10.4. The summed E-state index contributed by atoms with van der Waals surface area (Å²) in [7, 11) is 0. The number of ketones is 1. The summed E-state index contributed by atoms with van der Waals surface area (Å²) in [6.45, 7) is 2.00. The van der Waals surface area contributed by atoms with Crippen LogP contribution in [0, 0.1) is 0 Å². The van der Waals surface area contributed by atoms with Crippen molar-refractivity contribution in [1.29, 1.82) is 0 Å². The van der Waals surface area contributed by atoms with E-state index in [0.717, 1.165) is 24.5 Å². The Bertz CT molecular complexity index is 488. The molecule has 0 radical (unpaired) electrons. The van der Waals surface area contributed by atoms with E-state index in [0.29, 0.717) is 6.42 Å². The second-order valence-corrected chi connectivity index (χ2v) is 4.33. The highest BCUT2D eigenvalue weighted by Crippen LogP contribution is 2.03. The monoisotopic (exact) mass is 274 g/mol. The van der Waals surface area contributed by atoms with E-state index in [1.165, 1.54) is 6.08 Å². The van der Waals surface area contributed by atoms with Crippen molar-refractivity contribution in [2.45, 2.75) is 32.6 Å². The Kier molecular flexibility index (Phi) is 6.96. The number of carbonyl (C=O) groups is 3. The standard InChI is InChI=1S/C16H18O4/c1-2-3-5-10-14(17)16(19)20-15(18)12-11-13-8-6-4-7-9-13/h4,6-9,11-12H,2-3,5,10H2,1H3/b12-11+. The summed E-state index contributed by atoms with van der Waals surface area (Å²) >= 11 is 0. The van der Waals surface area contributed by atoms with Crippen LogP contribution < -0.4 is 0 Å². The van der Waals surface area contributed by atoms with Gasteiger partial charge in [-0.2, -0.15) is 0 Å². The first-order valence-corrected chi connectivity index (χ1v) is 6.65. The molecule has 1 aromatic carbocycles. The van der Waals surface area contributed by atoms with E-state index in [2.05, 4.69) is 4.74 Å². The van der Waals surface area contributed by atoms with Crippen LogP contribution in [0.3, 0.4) is 0 Å². The first-order chi connectivity index (χ1) is 9.63. The fourth-order valence-corrected chi connectivity index (χ4v) is 1.55. The summed E-state index contributed by atoms with van der Waals surface area (Å²) in [5.41, 5.74) is 0.811. The van der Waals surface area contributed by atoms with Gasteiger partial charge < -0.3 is 4.74 Å². The van der Waals surface area contributed by atoms with E-state index in [1.54, 1.807) is 0 Å². The summed E-state index contributed by atoms with van der Waals surface area (Å²) in [5, 5.41) is 0. The number of benzene rings is 1. The number of rotatable bonds is 7. The predicted molar refractivity (Wildman–Crippen MR) is 75.7 cm³/mol. The fourth-order valence-electron chi connectivity index (χ4n) is 1.55. The highest BCUT2D eigenvalue weighted by atomic mass is 16.6. The van der Waals surface area contributed by atoms with E-state index in [-0.39, 0.29) is 6.42 Å². The molecule has 0 fully saturated rings. The van der Waals surface area contributed by atoms with Gasteiger partial charge in [0.05, 0.1) is 0 Å². The predicted octanol–water partition coefficient (Wildman–Crippen LogP) is 2.92. The molecule has 1 rings (SSSR count). The van der Waals surface area contributed by atoms with Crippen LogP contribution in [0.2, 0.25) is 0 Å². The molecule has 0 aliphatic rings. The molecule has 0 saturated carbocycles. The third-order valence-electron chi connectivity index (χ3n) is 2.64. The van der Waals surface area contributed by atoms with Crippen LogP contribution in [-0.4, -0.2) is 17.7 Å². The van der Waals surface area contributed by atoms with Crippen molar-refractivity contribution >= 4 is 23.8 Å². The van der Waals surface area contributed by atoms with Gasteiger partial charge in [-0.15, -0.1) is 0 Å². The maximum atomic E-state index is 11.4. The van der Waals surface area contributed by atoms with Gasteiger partial charge >= 0.3 is 11.9 Å².